The average Bonchev–Trinajstić information content (AvgIpc) is 2.77. The summed E-state index contributed by atoms with van der Waals surface area (Å²) >= 11 is 0. The van der Waals surface area contributed by atoms with Crippen molar-refractivity contribution in [2.75, 3.05) is 59.9 Å². The van der Waals surface area contributed by atoms with Crippen LogP contribution >= 0.6 is 0 Å². The lowest BCUT2D eigenvalue weighted by molar-refractivity contribution is -0.151. The molecule has 0 saturated carbocycles. The van der Waals surface area contributed by atoms with Crippen LogP contribution in [0.4, 0.5) is 0 Å². The minimum atomic E-state index is -0.351. The maximum atomic E-state index is 12.3. The molecule has 0 unspecified atom stereocenters. The fourth-order valence-electron chi connectivity index (χ4n) is 3.06. The molecular formula is C15H28N4O2. The van der Waals surface area contributed by atoms with Crippen LogP contribution in [-0.2, 0) is 9.59 Å². The van der Waals surface area contributed by atoms with Crippen LogP contribution in [0.5, 0.6) is 0 Å². The number of likely N-dealkylation sites (N-methyl/N-ethyl adjacent to an activating group) is 1. The first kappa shape index (κ1) is 16.2. The van der Waals surface area contributed by atoms with Gasteiger partial charge in [-0.05, 0) is 51.9 Å². The summed E-state index contributed by atoms with van der Waals surface area (Å²) in [5.74, 6) is -0.168. The Bertz CT molecular complexity index is 359. The Labute approximate surface area is 127 Å². The largest absolute Gasteiger partial charge is 0.337 e. The van der Waals surface area contributed by atoms with Gasteiger partial charge in [-0.25, -0.2) is 0 Å². The molecule has 2 rings (SSSR count). The van der Waals surface area contributed by atoms with Gasteiger partial charge in [0, 0.05) is 33.2 Å². The Morgan fingerprint density at radius 2 is 1.86 bits per heavy atom. The van der Waals surface area contributed by atoms with Crippen LogP contribution in [0.1, 0.15) is 19.3 Å². The Hall–Kier alpha value is -1.14. The fraction of sp³-hybridized carbons (Fsp3) is 0.867. The molecular weight excluding hydrogens is 268 g/mol. The maximum Gasteiger partial charge on any atom is 0.312 e. The lowest BCUT2D eigenvalue weighted by Gasteiger charge is -2.32. The first-order valence-corrected chi connectivity index (χ1v) is 8.01. The number of carbonyl (C=O) groups is 2. The van der Waals surface area contributed by atoms with Crippen LogP contribution in [0.3, 0.4) is 0 Å². The minimum Gasteiger partial charge on any atom is -0.337 e. The molecule has 0 aromatic heterocycles. The van der Waals surface area contributed by atoms with E-state index in [0.717, 1.165) is 45.4 Å². The summed E-state index contributed by atoms with van der Waals surface area (Å²) in [5, 5.41) is 3.25. The Morgan fingerprint density at radius 3 is 2.57 bits per heavy atom. The topological polar surface area (TPSA) is 55.9 Å². The zero-order chi connectivity index (χ0) is 15.2. The number of carbonyl (C=O) groups excluding carboxylic acids is 2. The summed E-state index contributed by atoms with van der Waals surface area (Å²) in [4.78, 5) is 30.2. The van der Waals surface area contributed by atoms with E-state index in [-0.39, 0.29) is 11.8 Å². The lowest BCUT2D eigenvalue weighted by Crippen LogP contribution is -2.47. The van der Waals surface area contributed by atoms with Crippen LogP contribution in [0.2, 0.25) is 0 Å². The third-order valence-corrected chi connectivity index (χ3v) is 4.53. The molecule has 2 saturated heterocycles. The van der Waals surface area contributed by atoms with Crippen molar-refractivity contribution in [2.45, 2.75) is 19.3 Å². The molecule has 21 heavy (non-hydrogen) atoms. The predicted molar refractivity (Wildman–Crippen MR) is 81.9 cm³/mol. The summed E-state index contributed by atoms with van der Waals surface area (Å²) in [7, 11) is 3.89. The van der Waals surface area contributed by atoms with Crippen molar-refractivity contribution in [1.82, 2.24) is 20.0 Å². The van der Waals surface area contributed by atoms with Crippen molar-refractivity contribution in [3.63, 3.8) is 0 Å². The van der Waals surface area contributed by atoms with Crippen molar-refractivity contribution < 1.29 is 9.59 Å². The van der Waals surface area contributed by atoms with Crippen molar-refractivity contribution in [1.29, 1.82) is 0 Å². The van der Waals surface area contributed by atoms with Crippen molar-refractivity contribution in [3.8, 4) is 0 Å². The molecule has 0 spiro atoms. The number of hydrogen-bond acceptors (Lipinski definition) is 4. The standard InChI is InChI=1S/C15H28N4O2/c1-17-9-4-13(5-10-17)12-18(2)14(20)15(21)19-8-3-6-16-7-11-19/h13,16H,3-12H2,1-2H3. The molecule has 2 aliphatic rings. The first-order chi connectivity index (χ1) is 10.1. The molecule has 0 aliphatic carbocycles. The van der Waals surface area contributed by atoms with Crippen molar-refractivity contribution in [3.05, 3.63) is 0 Å². The highest BCUT2D eigenvalue weighted by Crippen LogP contribution is 2.17. The van der Waals surface area contributed by atoms with Crippen LogP contribution in [-0.4, -0.2) is 86.4 Å². The van der Waals surface area contributed by atoms with Crippen molar-refractivity contribution in [2.24, 2.45) is 5.92 Å². The zero-order valence-electron chi connectivity index (χ0n) is 13.3. The number of amides is 2. The molecule has 0 aromatic carbocycles. The predicted octanol–water partition coefficient (Wildman–Crippen LogP) is -0.391. The summed E-state index contributed by atoms with van der Waals surface area (Å²) in [6.45, 7) is 5.87. The first-order valence-electron chi connectivity index (χ1n) is 8.01. The van der Waals surface area contributed by atoms with Gasteiger partial charge in [0.25, 0.3) is 0 Å². The van der Waals surface area contributed by atoms with E-state index in [1.165, 1.54) is 0 Å². The summed E-state index contributed by atoms with van der Waals surface area (Å²) in [6, 6.07) is 0. The van der Waals surface area contributed by atoms with Crippen LogP contribution in [0.15, 0.2) is 0 Å². The Kier molecular flexibility index (Phi) is 5.99. The third kappa shape index (κ3) is 4.68. The highest BCUT2D eigenvalue weighted by atomic mass is 16.2. The van der Waals surface area contributed by atoms with E-state index in [1.807, 2.05) is 0 Å². The monoisotopic (exact) mass is 296 g/mol. The van der Waals surface area contributed by atoms with Gasteiger partial charge < -0.3 is 20.0 Å². The summed E-state index contributed by atoms with van der Waals surface area (Å²) < 4.78 is 0. The minimum absolute atomic E-state index is 0.339. The second-order valence-electron chi connectivity index (χ2n) is 6.33. The molecule has 2 aliphatic heterocycles. The quantitative estimate of drug-likeness (QED) is 0.705. The number of nitrogens with zero attached hydrogens (tertiary/aromatic N) is 3. The summed E-state index contributed by atoms with van der Waals surface area (Å²) in [5.41, 5.74) is 0. The number of piperidine rings is 1. The van der Waals surface area contributed by atoms with Gasteiger partial charge in [0.05, 0.1) is 0 Å². The van der Waals surface area contributed by atoms with Gasteiger partial charge in [-0.2, -0.15) is 0 Å². The van der Waals surface area contributed by atoms with Gasteiger partial charge >= 0.3 is 11.8 Å². The van der Waals surface area contributed by atoms with Gasteiger partial charge in [0.2, 0.25) is 0 Å². The van der Waals surface area contributed by atoms with Gasteiger partial charge in [0.15, 0.2) is 0 Å². The Morgan fingerprint density at radius 1 is 1.14 bits per heavy atom. The van der Waals surface area contributed by atoms with E-state index in [4.69, 9.17) is 0 Å². The maximum absolute atomic E-state index is 12.3. The van der Waals surface area contributed by atoms with Gasteiger partial charge in [-0.1, -0.05) is 0 Å². The van der Waals surface area contributed by atoms with E-state index in [1.54, 1.807) is 16.8 Å². The third-order valence-electron chi connectivity index (χ3n) is 4.53. The molecule has 2 fully saturated rings. The molecule has 2 amide bonds. The summed E-state index contributed by atoms with van der Waals surface area (Å²) in [6.07, 6.45) is 3.13. The smallest absolute Gasteiger partial charge is 0.312 e. The molecule has 6 nitrogen and oxygen atoms in total. The molecule has 6 heteroatoms. The highest BCUT2D eigenvalue weighted by molar-refractivity contribution is 6.34. The molecule has 0 atom stereocenters. The number of hydrogen-bond donors (Lipinski definition) is 1. The molecule has 0 aromatic rings. The molecule has 0 radical (unpaired) electrons. The number of nitrogens with one attached hydrogen (secondary N) is 1. The van der Waals surface area contributed by atoms with Crippen LogP contribution in [0.25, 0.3) is 0 Å². The van der Waals surface area contributed by atoms with E-state index < -0.39 is 0 Å². The van der Waals surface area contributed by atoms with Crippen molar-refractivity contribution >= 4 is 11.8 Å². The second-order valence-corrected chi connectivity index (χ2v) is 6.33. The van der Waals surface area contributed by atoms with E-state index >= 15 is 0 Å². The highest BCUT2D eigenvalue weighted by Gasteiger charge is 2.27. The van der Waals surface area contributed by atoms with Gasteiger partial charge in [-0.15, -0.1) is 0 Å². The Balaban J connectivity index is 1.81. The molecule has 0 bridgehead atoms. The number of likely N-dealkylation sites (tertiary alicyclic amines) is 1. The van der Waals surface area contributed by atoms with E-state index in [2.05, 4.69) is 17.3 Å². The van der Waals surface area contributed by atoms with E-state index in [0.29, 0.717) is 25.6 Å². The SMILES string of the molecule is CN1CCC(CN(C)C(=O)C(=O)N2CCCNCC2)CC1. The van der Waals surface area contributed by atoms with Crippen LogP contribution in [0, 0.1) is 5.92 Å². The lowest BCUT2D eigenvalue weighted by atomic mass is 9.96. The number of rotatable bonds is 2. The van der Waals surface area contributed by atoms with Crippen LogP contribution < -0.4 is 5.32 Å². The van der Waals surface area contributed by atoms with E-state index in [9.17, 15) is 9.59 Å². The normalized spacial score (nSPS) is 21.9. The molecule has 1 N–H and O–H groups in total. The molecule has 120 valence electrons. The van der Waals surface area contributed by atoms with Gasteiger partial charge in [0.1, 0.15) is 0 Å². The average molecular weight is 296 g/mol. The van der Waals surface area contributed by atoms with Gasteiger partial charge in [-0.3, -0.25) is 9.59 Å². The molecule has 2 heterocycles. The zero-order valence-corrected chi connectivity index (χ0v) is 13.3. The fourth-order valence-corrected chi connectivity index (χ4v) is 3.06. The second kappa shape index (κ2) is 7.75.